The minimum Gasteiger partial charge on any atom is -0.316 e. The van der Waals surface area contributed by atoms with Crippen LogP contribution in [0.2, 0.25) is 0 Å². The van der Waals surface area contributed by atoms with Crippen molar-refractivity contribution in [3.05, 3.63) is 0 Å². The van der Waals surface area contributed by atoms with Crippen molar-refractivity contribution < 1.29 is 0 Å². The molecule has 3 unspecified atom stereocenters. The lowest BCUT2D eigenvalue weighted by Crippen LogP contribution is -2.52. The van der Waals surface area contributed by atoms with E-state index < -0.39 is 0 Å². The zero-order valence-corrected chi connectivity index (χ0v) is 10.8. The van der Waals surface area contributed by atoms with Gasteiger partial charge in [0.15, 0.2) is 0 Å². The summed E-state index contributed by atoms with van der Waals surface area (Å²) in [5, 5.41) is 7.33. The molecule has 2 rings (SSSR count). The average Bonchev–Trinajstić information content (AvgIpc) is 2.30. The van der Waals surface area contributed by atoms with Crippen molar-refractivity contribution in [1.82, 2.24) is 15.5 Å². The van der Waals surface area contributed by atoms with Gasteiger partial charge in [-0.1, -0.05) is 0 Å². The van der Waals surface area contributed by atoms with Gasteiger partial charge in [-0.15, -0.1) is 0 Å². The maximum absolute atomic E-state index is 3.78. The molecule has 0 amide bonds. The fraction of sp³-hybridized carbons (Fsp3) is 1.00. The third-order valence-corrected chi connectivity index (χ3v) is 4.08. The maximum atomic E-state index is 3.78. The highest BCUT2D eigenvalue weighted by Gasteiger charge is 2.32. The van der Waals surface area contributed by atoms with Crippen molar-refractivity contribution in [3.63, 3.8) is 0 Å². The summed E-state index contributed by atoms with van der Waals surface area (Å²) in [6.07, 6.45) is 5.54. The van der Waals surface area contributed by atoms with Crippen molar-refractivity contribution >= 4 is 0 Å². The molecular weight excluding hydrogens is 198 g/mol. The molecule has 0 aromatic carbocycles. The summed E-state index contributed by atoms with van der Waals surface area (Å²) in [6, 6.07) is 0.754. The van der Waals surface area contributed by atoms with Crippen LogP contribution in [-0.2, 0) is 0 Å². The molecule has 0 bridgehead atoms. The van der Waals surface area contributed by atoms with Gasteiger partial charge in [-0.05, 0) is 71.2 Å². The molecule has 0 aromatic heterocycles. The average molecular weight is 225 g/mol. The summed E-state index contributed by atoms with van der Waals surface area (Å²) in [5.74, 6) is 1.72. The van der Waals surface area contributed by atoms with Gasteiger partial charge in [0.25, 0.3) is 0 Å². The first-order chi connectivity index (χ1) is 7.77. The molecule has 2 N–H and O–H groups in total. The van der Waals surface area contributed by atoms with E-state index in [1.54, 1.807) is 0 Å². The Hall–Kier alpha value is -0.120. The lowest BCUT2D eigenvalue weighted by atomic mass is 9.79. The van der Waals surface area contributed by atoms with Crippen molar-refractivity contribution in [2.75, 3.05) is 40.3 Å². The molecule has 3 atom stereocenters. The minimum absolute atomic E-state index is 0.754. The van der Waals surface area contributed by atoms with E-state index in [-0.39, 0.29) is 0 Å². The standard InChI is InChI=1S/C13H27N3/c1-16(2)10-12-6-4-8-15-13(12)11-5-3-7-14-9-11/h11-15H,3-10H2,1-2H3. The Balaban J connectivity index is 1.92. The van der Waals surface area contributed by atoms with Gasteiger partial charge >= 0.3 is 0 Å². The fourth-order valence-electron chi connectivity index (χ4n) is 3.39. The lowest BCUT2D eigenvalue weighted by Gasteiger charge is -2.41. The molecule has 2 heterocycles. The predicted octanol–water partition coefficient (Wildman–Crippen LogP) is 0.916. The molecule has 2 fully saturated rings. The van der Waals surface area contributed by atoms with Crippen molar-refractivity contribution in [1.29, 1.82) is 0 Å². The second kappa shape index (κ2) is 5.99. The Morgan fingerprint density at radius 2 is 1.94 bits per heavy atom. The van der Waals surface area contributed by atoms with E-state index in [0.717, 1.165) is 17.9 Å². The van der Waals surface area contributed by atoms with Crippen LogP contribution in [0.4, 0.5) is 0 Å². The van der Waals surface area contributed by atoms with Crippen LogP contribution in [-0.4, -0.2) is 51.2 Å². The highest BCUT2D eigenvalue weighted by atomic mass is 15.1. The molecule has 0 spiro atoms. The second-order valence-corrected chi connectivity index (χ2v) is 5.75. The molecule has 2 aliphatic rings. The largest absolute Gasteiger partial charge is 0.316 e. The zero-order valence-electron chi connectivity index (χ0n) is 10.8. The van der Waals surface area contributed by atoms with E-state index in [9.17, 15) is 0 Å². The number of nitrogens with zero attached hydrogens (tertiary/aromatic N) is 1. The summed E-state index contributed by atoms with van der Waals surface area (Å²) >= 11 is 0. The van der Waals surface area contributed by atoms with E-state index in [2.05, 4.69) is 29.6 Å². The van der Waals surface area contributed by atoms with Gasteiger partial charge in [0.05, 0.1) is 0 Å². The molecule has 0 radical (unpaired) electrons. The van der Waals surface area contributed by atoms with Crippen LogP contribution in [0, 0.1) is 11.8 Å². The monoisotopic (exact) mass is 225 g/mol. The SMILES string of the molecule is CN(C)CC1CCCNC1C1CCCNC1. The number of hydrogen-bond acceptors (Lipinski definition) is 3. The Kier molecular flexibility index (Phi) is 4.62. The Morgan fingerprint density at radius 3 is 2.62 bits per heavy atom. The van der Waals surface area contributed by atoms with Crippen LogP contribution in [0.15, 0.2) is 0 Å². The summed E-state index contributed by atoms with van der Waals surface area (Å²) in [7, 11) is 4.40. The molecule has 94 valence electrons. The fourth-order valence-corrected chi connectivity index (χ4v) is 3.39. The molecule has 0 aromatic rings. The lowest BCUT2D eigenvalue weighted by molar-refractivity contribution is 0.151. The van der Waals surface area contributed by atoms with E-state index >= 15 is 0 Å². The van der Waals surface area contributed by atoms with Crippen LogP contribution >= 0.6 is 0 Å². The van der Waals surface area contributed by atoms with Gasteiger partial charge in [-0.2, -0.15) is 0 Å². The third kappa shape index (κ3) is 3.19. The molecule has 3 heteroatoms. The van der Waals surface area contributed by atoms with Crippen LogP contribution in [0.1, 0.15) is 25.7 Å². The van der Waals surface area contributed by atoms with Crippen LogP contribution in [0.3, 0.4) is 0 Å². The van der Waals surface area contributed by atoms with Crippen molar-refractivity contribution in [3.8, 4) is 0 Å². The molecule has 2 aliphatic heterocycles. The van der Waals surface area contributed by atoms with Gasteiger partial charge < -0.3 is 15.5 Å². The normalized spacial score (nSPS) is 36.6. The van der Waals surface area contributed by atoms with Gasteiger partial charge in [-0.25, -0.2) is 0 Å². The number of rotatable bonds is 3. The first-order valence-electron chi connectivity index (χ1n) is 6.86. The number of piperidine rings is 2. The van der Waals surface area contributed by atoms with E-state index in [0.29, 0.717) is 0 Å². The van der Waals surface area contributed by atoms with Gasteiger partial charge in [0.2, 0.25) is 0 Å². The Morgan fingerprint density at radius 1 is 1.12 bits per heavy atom. The first kappa shape index (κ1) is 12.3. The molecular formula is C13H27N3. The predicted molar refractivity (Wildman–Crippen MR) is 68.7 cm³/mol. The molecule has 0 aliphatic carbocycles. The maximum Gasteiger partial charge on any atom is 0.0148 e. The van der Waals surface area contributed by atoms with Crippen LogP contribution < -0.4 is 10.6 Å². The van der Waals surface area contributed by atoms with E-state index in [1.165, 1.54) is 51.9 Å². The molecule has 3 nitrogen and oxygen atoms in total. The van der Waals surface area contributed by atoms with Crippen LogP contribution in [0.25, 0.3) is 0 Å². The second-order valence-electron chi connectivity index (χ2n) is 5.75. The van der Waals surface area contributed by atoms with E-state index in [4.69, 9.17) is 0 Å². The van der Waals surface area contributed by atoms with Gasteiger partial charge in [0, 0.05) is 12.6 Å². The highest BCUT2D eigenvalue weighted by Crippen LogP contribution is 2.26. The summed E-state index contributed by atoms with van der Waals surface area (Å²) in [4.78, 5) is 2.35. The van der Waals surface area contributed by atoms with Gasteiger partial charge in [0.1, 0.15) is 0 Å². The zero-order chi connectivity index (χ0) is 11.4. The van der Waals surface area contributed by atoms with Crippen molar-refractivity contribution in [2.24, 2.45) is 11.8 Å². The molecule has 2 saturated heterocycles. The van der Waals surface area contributed by atoms with Gasteiger partial charge in [-0.3, -0.25) is 0 Å². The Bertz CT molecular complexity index is 199. The van der Waals surface area contributed by atoms with E-state index in [1.807, 2.05) is 0 Å². The van der Waals surface area contributed by atoms with Crippen molar-refractivity contribution in [2.45, 2.75) is 31.7 Å². The Labute approximate surface area is 100.0 Å². The molecule has 0 saturated carbocycles. The number of nitrogens with one attached hydrogen (secondary N) is 2. The highest BCUT2D eigenvalue weighted by molar-refractivity contribution is 4.90. The quantitative estimate of drug-likeness (QED) is 0.748. The number of hydrogen-bond donors (Lipinski definition) is 2. The third-order valence-electron chi connectivity index (χ3n) is 4.08. The van der Waals surface area contributed by atoms with Crippen LogP contribution in [0.5, 0.6) is 0 Å². The topological polar surface area (TPSA) is 27.3 Å². The summed E-state index contributed by atoms with van der Waals surface area (Å²) in [6.45, 7) is 4.92. The smallest absolute Gasteiger partial charge is 0.0148 e. The summed E-state index contributed by atoms with van der Waals surface area (Å²) < 4.78 is 0. The minimum atomic E-state index is 0.754. The first-order valence-corrected chi connectivity index (χ1v) is 6.86. The molecule has 16 heavy (non-hydrogen) atoms. The summed E-state index contributed by atoms with van der Waals surface area (Å²) in [5.41, 5.74) is 0.